The molecule has 26 heavy (non-hydrogen) atoms. The van der Waals surface area contributed by atoms with Crippen LogP contribution in [-0.2, 0) is 11.8 Å². The average Bonchev–Trinajstić information content (AvgIpc) is 2.88. The van der Waals surface area contributed by atoms with Gasteiger partial charge in [0.2, 0.25) is 0 Å². The number of quaternary nitrogens is 1. The number of hydrogen-bond acceptors (Lipinski definition) is 4. The number of nitrogens with one attached hydrogen (secondary N) is 2. The Labute approximate surface area is 154 Å². The number of rotatable bonds is 4. The molecule has 0 saturated carbocycles. The molecule has 1 saturated heterocycles. The topological polar surface area (TPSA) is 74.8 Å². The summed E-state index contributed by atoms with van der Waals surface area (Å²) in [5.41, 5.74) is 3.75. The number of carbonyl (C=O) groups excluding carboxylic acids is 1. The van der Waals surface area contributed by atoms with Crippen molar-refractivity contribution in [3.63, 3.8) is 0 Å². The fraction of sp³-hybridized carbons (Fsp3) is 0.474. The molecule has 1 aliphatic rings. The number of aromatic hydroxyl groups is 1. The quantitative estimate of drug-likeness (QED) is 0.743. The van der Waals surface area contributed by atoms with E-state index in [-0.39, 0.29) is 17.7 Å². The lowest BCUT2D eigenvalue weighted by molar-refractivity contribution is -0.914. The Morgan fingerprint density at radius 3 is 2.38 bits per heavy atom. The molecule has 1 amide bonds. The van der Waals surface area contributed by atoms with Crippen LogP contribution in [0.1, 0.15) is 18.3 Å². The summed E-state index contributed by atoms with van der Waals surface area (Å²) in [5.74, 6) is 0.321. The highest BCUT2D eigenvalue weighted by atomic mass is 16.3. The second-order valence-electron chi connectivity index (χ2n) is 7.04. The van der Waals surface area contributed by atoms with E-state index in [1.807, 2.05) is 40.0 Å². The fourth-order valence-electron chi connectivity index (χ4n) is 3.52. The van der Waals surface area contributed by atoms with Crippen LogP contribution in [0.3, 0.4) is 0 Å². The highest BCUT2D eigenvalue weighted by Crippen LogP contribution is 2.19. The maximum absolute atomic E-state index is 12.7. The van der Waals surface area contributed by atoms with Gasteiger partial charge in [-0.05, 0) is 45.0 Å². The number of anilines is 2. The van der Waals surface area contributed by atoms with E-state index in [9.17, 15) is 9.90 Å². The van der Waals surface area contributed by atoms with E-state index in [0.29, 0.717) is 0 Å². The normalized spacial score (nSPS) is 16.5. The Kier molecular flexibility index (Phi) is 5.18. The lowest BCUT2D eigenvalue weighted by Crippen LogP contribution is -3.19. The van der Waals surface area contributed by atoms with E-state index < -0.39 is 0 Å². The highest BCUT2D eigenvalue weighted by Gasteiger charge is 2.30. The van der Waals surface area contributed by atoms with Crippen LogP contribution < -0.4 is 15.1 Å². The number of aromatic nitrogens is 2. The number of nitrogens with zero attached hydrogens (tertiary/aromatic N) is 3. The van der Waals surface area contributed by atoms with E-state index in [1.165, 1.54) is 4.90 Å². The number of hydrogen-bond donors (Lipinski definition) is 3. The SMILES string of the molecule is Cc1nn(C)c(C)c1NC(=O)[C@H](C)[NH+]1CCN(c2ccc(O)cc2)CC1. The minimum absolute atomic E-state index is 0.0392. The molecule has 7 nitrogen and oxygen atoms in total. The van der Waals surface area contributed by atoms with E-state index in [4.69, 9.17) is 0 Å². The van der Waals surface area contributed by atoms with Crippen molar-refractivity contribution >= 4 is 17.3 Å². The molecular weight excluding hydrogens is 330 g/mol. The summed E-state index contributed by atoms with van der Waals surface area (Å²) in [6.45, 7) is 9.45. The number of amides is 1. The first-order valence-electron chi connectivity index (χ1n) is 9.06. The molecule has 2 heterocycles. The second-order valence-corrected chi connectivity index (χ2v) is 7.04. The summed E-state index contributed by atoms with van der Waals surface area (Å²) in [6.07, 6.45) is 0. The molecular formula is C19H28N5O2+. The van der Waals surface area contributed by atoms with Gasteiger partial charge in [0.05, 0.1) is 43.3 Å². The summed E-state index contributed by atoms with van der Waals surface area (Å²) in [7, 11) is 1.88. The molecule has 3 N–H and O–H groups in total. The van der Waals surface area contributed by atoms with Gasteiger partial charge in [0.1, 0.15) is 5.75 Å². The zero-order valence-electron chi connectivity index (χ0n) is 15.9. The van der Waals surface area contributed by atoms with Gasteiger partial charge in [-0.2, -0.15) is 5.10 Å². The zero-order chi connectivity index (χ0) is 18.8. The van der Waals surface area contributed by atoms with Crippen LogP contribution in [0.4, 0.5) is 11.4 Å². The van der Waals surface area contributed by atoms with Gasteiger partial charge in [0.25, 0.3) is 5.91 Å². The number of benzene rings is 1. The predicted octanol–water partition coefficient (Wildman–Crippen LogP) is 0.475. The summed E-state index contributed by atoms with van der Waals surface area (Å²) < 4.78 is 1.79. The van der Waals surface area contributed by atoms with Crippen LogP contribution in [0, 0.1) is 13.8 Å². The minimum Gasteiger partial charge on any atom is -0.508 e. The Morgan fingerprint density at radius 1 is 1.23 bits per heavy atom. The Balaban J connectivity index is 1.58. The smallest absolute Gasteiger partial charge is 0.282 e. The molecule has 0 aliphatic carbocycles. The van der Waals surface area contributed by atoms with Gasteiger partial charge < -0.3 is 20.2 Å². The third kappa shape index (κ3) is 3.67. The van der Waals surface area contributed by atoms with Crippen molar-refractivity contribution in [3.8, 4) is 5.75 Å². The Bertz CT molecular complexity index is 776. The first-order valence-corrected chi connectivity index (χ1v) is 9.06. The Morgan fingerprint density at radius 2 is 1.85 bits per heavy atom. The molecule has 2 aromatic rings. The maximum atomic E-state index is 12.7. The number of carbonyl (C=O) groups is 1. The van der Waals surface area contributed by atoms with Crippen LogP contribution in [0.15, 0.2) is 24.3 Å². The average molecular weight is 358 g/mol. The molecule has 1 aliphatic heterocycles. The van der Waals surface area contributed by atoms with Crippen molar-refractivity contribution in [2.45, 2.75) is 26.8 Å². The van der Waals surface area contributed by atoms with Crippen molar-refractivity contribution in [3.05, 3.63) is 35.7 Å². The largest absolute Gasteiger partial charge is 0.508 e. The maximum Gasteiger partial charge on any atom is 0.282 e. The van der Waals surface area contributed by atoms with E-state index >= 15 is 0 Å². The van der Waals surface area contributed by atoms with Crippen molar-refractivity contribution in [1.29, 1.82) is 0 Å². The van der Waals surface area contributed by atoms with Crippen LogP contribution in [0.5, 0.6) is 5.75 Å². The van der Waals surface area contributed by atoms with E-state index in [0.717, 1.165) is 48.9 Å². The molecule has 7 heteroatoms. The van der Waals surface area contributed by atoms with Gasteiger partial charge in [0.15, 0.2) is 6.04 Å². The van der Waals surface area contributed by atoms with Crippen LogP contribution in [0.25, 0.3) is 0 Å². The van der Waals surface area contributed by atoms with Gasteiger partial charge in [-0.1, -0.05) is 0 Å². The number of aryl methyl sites for hydroxylation is 2. The standard InChI is InChI=1S/C19H27N5O2/c1-13-18(14(2)22(4)21-13)20-19(26)15(3)23-9-11-24(12-10-23)16-5-7-17(25)8-6-16/h5-8,15,25H,9-12H2,1-4H3,(H,20,26)/p+1/t15-/m0/s1. The number of phenolic OH excluding ortho intramolecular Hbond substituents is 1. The Hall–Kier alpha value is -2.54. The second kappa shape index (κ2) is 7.37. The molecule has 0 radical (unpaired) electrons. The van der Waals surface area contributed by atoms with Gasteiger partial charge in [-0.25, -0.2) is 0 Å². The highest BCUT2D eigenvalue weighted by molar-refractivity contribution is 5.94. The van der Waals surface area contributed by atoms with E-state index in [2.05, 4.69) is 15.3 Å². The van der Waals surface area contributed by atoms with Crippen molar-refractivity contribution in [2.24, 2.45) is 7.05 Å². The first-order chi connectivity index (χ1) is 12.4. The molecule has 1 aromatic carbocycles. The van der Waals surface area contributed by atoms with Crippen molar-refractivity contribution in [2.75, 3.05) is 36.4 Å². The van der Waals surface area contributed by atoms with Gasteiger partial charge in [-0.3, -0.25) is 9.48 Å². The number of piperazine rings is 1. The molecule has 140 valence electrons. The van der Waals surface area contributed by atoms with Gasteiger partial charge in [-0.15, -0.1) is 0 Å². The molecule has 0 unspecified atom stereocenters. The molecule has 1 atom stereocenters. The third-order valence-corrected chi connectivity index (χ3v) is 5.38. The third-order valence-electron chi connectivity index (χ3n) is 5.38. The molecule has 1 fully saturated rings. The number of phenols is 1. The minimum atomic E-state index is -0.115. The van der Waals surface area contributed by atoms with E-state index in [1.54, 1.807) is 16.8 Å². The predicted molar refractivity (Wildman–Crippen MR) is 102 cm³/mol. The van der Waals surface area contributed by atoms with Crippen LogP contribution >= 0.6 is 0 Å². The molecule has 3 rings (SSSR count). The monoisotopic (exact) mass is 358 g/mol. The summed E-state index contributed by atoms with van der Waals surface area (Å²) in [4.78, 5) is 16.3. The van der Waals surface area contributed by atoms with Crippen molar-refractivity contribution in [1.82, 2.24) is 9.78 Å². The summed E-state index contributed by atoms with van der Waals surface area (Å²) in [5, 5.41) is 16.8. The summed E-state index contributed by atoms with van der Waals surface area (Å²) in [6, 6.07) is 7.18. The van der Waals surface area contributed by atoms with Gasteiger partial charge >= 0.3 is 0 Å². The lowest BCUT2D eigenvalue weighted by atomic mass is 10.2. The molecule has 0 bridgehead atoms. The van der Waals surface area contributed by atoms with Gasteiger partial charge in [0, 0.05) is 12.7 Å². The first kappa shape index (κ1) is 18.3. The van der Waals surface area contributed by atoms with Crippen LogP contribution in [-0.4, -0.2) is 53.0 Å². The lowest BCUT2D eigenvalue weighted by Gasteiger charge is -2.36. The van der Waals surface area contributed by atoms with Crippen LogP contribution in [0.2, 0.25) is 0 Å². The fourth-order valence-corrected chi connectivity index (χ4v) is 3.52. The van der Waals surface area contributed by atoms with Crippen molar-refractivity contribution < 1.29 is 14.8 Å². The molecule has 1 aromatic heterocycles. The molecule has 0 spiro atoms. The summed E-state index contributed by atoms with van der Waals surface area (Å²) >= 11 is 0. The zero-order valence-corrected chi connectivity index (χ0v) is 15.9.